The number of hydrogen-bond acceptors (Lipinski definition) is 2. The van der Waals surface area contributed by atoms with Crippen LogP contribution in [0.3, 0.4) is 0 Å². The van der Waals surface area contributed by atoms with E-state index in [9.17, 15) is 0 Å². The second-order valence-corrected chi connectivity index (χ2v) is 13.6. The van der Waals surface area contributed by atoms with E-state index in [2.05, 4.69) is 185 Å². The maximum absolute atomic E-state index is 6.92. The molecule has 0 bridgehead atoms. The van der Waals surface area contributed by atoms with Crippen LogP contribution in [0.25, 0.3) is 72.4 Å². The van der Waals surface area contributed by atoms with Crippen LogP contribution in [0.5, 0.6) is 0 Å². The van der Waals surface area contributed by atoms with Gasteiger partial charge in [0.15, 0.2) is 0 Å². The van der Waals surface area contributed by atoms with E-state index >= 15 is 0 Å². The molecule has 0 fully saturated rings. The normalized spacial score (nSPS) is 14.9. The minimum atomic E-state index is 0.0833. The van der Waals surface area contributed by atoms with Gasteiger partial charge in [-0.3, -0.25) is 0 Å². The average Bonchev–Trinajstić information content (AvgIpc) is 3.85. The van der Waals surface area contributed by atoms with Crippen LogP contribution in [0.15, 0.2) is 174 Å². The number of benzene rings is 7. The lowest BCUT2D eigenvalue weighted by Crippen LogP contribution is -2.37. The Morgan fingerprint density at radius 2 is 1.14 bits per heavy atom. The zero-order valence-corrected chi connectivity index (χ0v) is 27.8. The highest BCUT2D eigenvalue weighted by Gasteiger charge is 2.39. The first-order valence-electron chi connectivity index (χ1n) is 17.7. The van der Waals surface area contributed by atoms with Crippen molar-refractivity contribution in [1.82, 2.24) is 4.57 Å². The van der Waals surface area contributed by atoms with Gasteiger partial charge in [0.2, 0.25) is 0 Å². The summed E-state index contributed by atoms with van der Waals surface area (Å²) in [5.41, 5.74) is 15.2. The summed E-state index contributed by atoms with van der Waals surface area (Å²) in [6.07, 6.45) is 3.27. The van der Waals surface area contributed by atoms with E-state index in [-0.39, 0.29) is 6.04 Å². The minimum Gasteiger partial charge on any atom is -0.456 e. The maximum atomic E-state index is 6.92. The lowest BCUT2D eigenvalue weighted by atomic mass is 9.93. The maximum Gasteiger partial charge on any atom is 0.141 e. The van der Waals surface area contributed by atoms with E-state index in [1.54, 1.807) is 0 Å². The van der Waals surface area contributed by atoms with Crippen molar-refractivity contribution < 1.29 is 4.42 Å². The Hall–Kier alpha value is -6.58. The van der Waals surface area contributed by atoms with E-state index in [0.29, 0.717) is 0 Å². The first kappa shape index (κ1) is 28.3. The smallest absolute Gasteiger partial charge is 0.141 e. The van der Waals surface area contributed by atoms with Gasteiger partial charge in [-0.2, -0.15) is 0 Å². The van der Waals surface area contributed by atoms with Crippen molar-refractivity contribution in [2.75, 3.05) is 4.90 Å². The van der Waals surface area contributed by atoms with Gasteiger partial charge in [-0.05, 0) is 71.6 Å². The Morgan fingerprint density at radius 1 is 0.490 bits per heavy atom. The average molecular weight is 653 g/mol. The van der Waals surface area contributed by atoms with Crippen molar-refractivity contribution in [2.24, 2.45) is 0 Å². The van der Waals surface area contributed by atoms with Crippen LogP contribution in [0.4, 0.5) is 11.4 Å². The van der Waals surface area contributed by atoms with Gasteiger partial charge in [-0.15, -0.1) is 0 Å². The first-order chi connectivity index (χ1) is 25.3. The summed E-state index contributed by atoms with van der Waals surface area (Å²) in [5.74, 6) is 0. The number of aromatic nitrogens is 1. The second-order valence-electron chi connectivity index (χ2n) is 13.6. The van der Waals surface area contributed by atoms with Gasteiger partial charge in [0.25, 0.3) is 0 Å². The van der Waals surface area contributed by atoms with Crippen molar-refractivity contribution in [3.05, 3.63) is 186 Å². The highest BCUT2D eigenvalue weighted by Crippen LogP contribution is 2.49. The molecule has 1 aliphatic carbocycles. The molecule has 2 aliphatic rings. The third-order valence-electron chi connectivity index (χ3n) is 10.9. The summed E-state index contributed by atoms with van der Waals surface area (Å²) < 4.78 is 9.34. The Balaban J connectivity index is 1.20. The van der Waals surface area contributed by atoms with Crippen LogP contribution in [0.1, 0.15) is 12.0 Å². The summed E-state index contributed by atoms with van der Waals surface area (Å²) in [6, 6.07) is 61.4. The molecule has 3 heteroatoms. The first-order valence-corrected chi connectivity index (χ1v) is 17.7. The summed E-state index contributed by atoms with van der Waals surface area (Å²) >= 11 is 0. The quantitative estimate of drug-likeness (QED) is 0.189. The van der Waals surface area contributed by atoms with E-state index in [4.69, 9.17) is 4.42 Å². The molecule has 3 nitrogen and oxygen atoms in total. The number of para-hydroxylation sites is 3. The van der Waals surface area contributed by atoms with Crippen LogP contribution < -0.4 is 15.5 Å². The predicted octanol–water partition coefficient (Wildman–Crippen LogP) is 10.8. The minimum absolute atomic E-state index is 0.0833. The lowest BCUT2D eigenvalue weighted by Gasteiger charge is -2.30. The number of rotatable bonds is 4. The van der Waals surface area contributed by atoms with E-state index in [1.165, 1.54) is 77.2 Å². The standard InChI is InChI=1S/C48H32N2O/c1-3-13-31(14-4-1)33-23-28-46-39(29-33)38-25-27-45-47(48(38)51-46)40-30-34(49-42-21-11-8-18-36(42)37-19-9-12-22-43(37)49)24-26-44(40)50(45)41-20-10-7-17-35(41)32-15-5-2-6-16-32/h1-26,28-30,45H,27H2. The molecule has 11 rings (SSSR count). The van der Waals surface area contributed by atoms with E-state index in [0.717, 1.165) is 23.1 Å². The Labute approximate surface area is 295 Å². The molecule has 0 spiro atoms. The third-order valence-corrected chi connectivity index (χ3v) is 10.9. The Kier molecular flexibility index (Phi) is 6.08. The number of hydrogen-bond donors (Lipinski definition) is 0. The predicted molar refractivity (Wildman–Crippen MR) is 211 cm³/mol. The molecule has 3 heterocycles. The van der Waals surface area contributed by atoms with Crippen molar-refractivity contribution in [1.29, 1.82) is 0 Å². The number of fused-ring (bicyclic) bond motifs is 9. The molecular formula is C48H32N2O. The summed E-state index contributed by atoms with van der Waals surface area (Å²) in [6.45, 7) is 0. The van der Waals surface area contributed by atoms with Gasteiger partial charge in [-0.25, -0.2) is 0 Å². The van der Waals surface area contributed by atoms with Gasteiger partial charge < -0.3 is 13.9 Å². The zero-order chi connectivity index (χ0) is 33.5. The van der Waals surface area contributed by atoms with Crippen molar-refractivity contribution in [2.45, 2.75) is 12.5 Å². The van der Waals surface area contributed by atoms with Crippen LogP contribution in [0, 0.1) is 0 Å². The fourth-order valence-corrected chi connectivity index (χ4v) is 8.67. The Bertz CT molecular complexity index is 2900. The summed E-state index contributed by atoms with van der Waals surface area (Å²) in [5, 5.41) is 4.89. The van der Waals surface area contributed by atoms with Crippen LogP contribution >= 0.6 is 0 Å². The van der Waals surface area contributed by atoms with Crippen LogP contribution in [-0.4, -0.2) is 10.6 Å². The topological polar surface area (TPSA) is 21.3 Å². The number of furan rings is 1. The molecular weight excluding hydrogens is 621 g/mol. The molecule has 2 aromatic heterocycles. The van der Waals surface area contributed by atoms with Gasteiger partial charge >= 0.3 is 0 Å². The van der Waals surface area contributed by atoms with E-state index in [1.807, 2.05) is 0 Å². The number of nitrogens with zero attached hydrogens (tertiary/aromatic N) is 2. The highest BCUT2D eigenvalue weighted by molar-refractivity contribution is 6.09. The molecule has 0 radical (unpaired) electrons. The zero-order valence-electron chi connectivity index (χ0n) is 27.8. The van der Waals surface area contributed by atoms with Crippen LogP contribution in [-0.2, 0) is 0 Å². The SMILES string of the molecule is C1=c2c(oc3ccc(-c4ccccc4)cc23)=C2c3cc(-n4c5ccccc5c5ccccc54)ccc3N(c3ccccc3-c3ccccc3)C2C1. The lowest BCUT2D eigenvalue weighted by molar-refractivity contribution is 0.565. The van der Waals surface area contributed by atoms with Crippen molar-refractivity contribution in [3.8, 4) is 27.9 Å². The van der Waals surface area contributed by atoms with Crippen molar-refractivity contribution >= 4 is 55.8 Å². The summed E-state index contributed by atoms with van der Waals surface area (Å²) in [7, 11) is 0. The van der Waals surface area contributed by atoms with Crippen molar-refractivity contribution in [3.63, 3.8) is 0 Å². The van der Waals surface area contributed by atoms with Gasteiger partial charge in [0.1, 0.15) is 11.0 Å². The summed E-state index contributed by atoms with van der Waals surface area (Å²) in [4.78, 5) is 2.56. The molecule has 1 aliphatic heterocycles. The number of anilines is 2. The highest BCUT2D eigenvalue weighted by atomic mass is 16.3. The molecule has 240 valence electrons. The molecule has 1 unspecified atom stereocenters. The molecule has 7 aromatic carbocycles. The fourth-order valence-electron chi connectivity index (χ4n) is 8.67. The third kappa shape index (κ3) is 4.18. The van der Waals surface area contributed by atoms with Gasteiger partial charge in [0, 0.05) is 55.1 Å². The Morgan fingerprint density at radius 3 is 1.90 bits per heavy atom. The fraction of sp³-hybridized carbons (Fsp3) is 0.0417. The second kappa shape index (κ2) is 11.0. The van der Waals surface area contributed by atoms with Crippen LogP contribution in [0.2, 0.25) is 0 Å². The monoisotopic (exact) mass is 652 g/mol. The molecule has 0 N–H and O–H groups in total. The molecule has 1 atom stereocenters. The molecule has 0 saturated heterocycles. The molecule has 9 aromatic rings. The molecule has 51 heavy (non-hydrogen) atoms. The van der Waals surface area contributed by atoms with Gasteiger partial charge in [0.05, 0.1) is 17.1 Å². The largest absolute Gasteiger partial charge is 0.456 e. The van der Waals surface area contributed by atoms with Gasteiger partial charge in [-0.1, -0.05) is 127 Å². The molecule has 0 saturated carbocycles. The van der Waals surface area contributed by atoms with E-state index < -0.39 is 0 Å². The molecule has 0 amide bonds.